The van der Waals surface area contributed by atoms with Crippen LogP contribution in [0.5, 0.6) is 11.5 Å². The van der Waals surface area contributed by atoms with Gasteiger partial charge in [0.2, 0.25) is 0 Å². The molecule has 174 valence electrons. The molecule has 0 bridgehead atoms. The molecule has 0 atom stereocenters. The van der Waals surface area contributed by atoms with E-state index in [1.807, 2.05) is 19.1 Å². The van der Waals surface area contributed by atoms with Crippen LogP contribution in [0, 0.1) is 0 Å². The van der Waals surface area contributed by atoms with Crippen molar-refractivity contribution in [2.45, 2.75) is 33.1 Å². The van der Waals surface area contributed by atoms with Gasteiger partial charge >= 0.3 is 0 Å². The summed E-state index contributed by atoms with van der Waals surface area (Å²) in [5.41, 5.74) is 6.25. The summed E-state index contributed by atoms with van der Waals surface area (Å²) in [7, 11) is 0. The van der Waals surface area contributed by atoms with Gasteiger partial charge < -0.3 is 15.2 Å². The molecule has 2 N–H and O–H groups in total. The second-order valence-corrected chi connectivity index (χ2v) is 8.94. The molecule has 1 amide bonds. The van der Waals surface area contributed by atoms with E-state index in [0.717, 1.165) is 17.3 Å². The summed E-state index contributed by atoms with van der Waals surface area (Å²) in [5.74, 6) is 0.794. The monoisotopic (exact) mass is 578 g/mol. The van der Waals surface area contributed by atoms with Crippen molar-refractivity contribution in [3.63, 3.8) is 0 Å². The van der Waals surface area contributed by atoms with Crippen LogP contribution in [-0.4, -0.2) is 35.0 Å². The van der Waals surface area contributed by atoms with Gasteiger partial charge in [-0.05, 0) is 65.2 Å². The Kier molecular flexibility index (Phi) is 8.62. The molecule has 10 heteroatoms. The summed E-state index contributed by atoms with van der Waals surface area (Å²) >= 11 is 6.86. The van der Waals surface area contributed by atoms with Gasteiger partial charge in [-0.1, -0.05) is 29.3 Å². The number of halogens is 2. The molecule has 0 spiro atoms. The third-order valence-electron chi connectivity index (χ3n) is 4.64. The number of aryl methyl sites for hydroxylation is 1. The number of primary amides is 1. The van der Waals surface area contributed by atoms with Crippen LogP contribution in [0.15, 0.2) is 49.2 Å². The zero-order valence-corrected chi connectivity index (χ0v) is 21.5. The number of carbonyl (C=O) groups excluding carboxylic acids is 1. The van der Waals surface area contributed by atoms with Gasteiger partial charge in [0.1, 0.15) is 5.82 Å². The number of aromatic nitrogens is 2. The number of hydrogen-bond donors (Lipinski definition) is 1. The Morgan fingerprint density at radius 2 is 2.00 bits per heavy atom. The van der Waals surface area contributed by atoms with Crippen LogP contribution in [-0.2, 0) is 11.2 Å². The van der Waals surface area contributed by atoms with E-state index in [2.05, 4.69) is 48.9 Å². The lowest BCUT2D eigenvalue weighted by Crippen LogP contribution is -2.22. The molecule has 0 saturated heterocycles. The third kappa shape index (κ3) is 6.20. The first-order valence-electron chi connectivity index (χ1n) is 10.5. The molecule has 0 unspecified atom stereocenters. The number of amides is 1. The molecule has 0 radical (unpaired) electrons. The maximum Gasteiger partial charge on any atom is 0.282 e. The van der Waals surface area contributed by atoms with Gasteiger partial charge in [-0.3, -0.25) is 9.59 Å². The van der Waals surface area contributed by atoms with Gasteiger partial charge in [0, 0.05) is 10.9 Å². The summed E-state index contributed by atoms with van der Waals surface area (Å²) in [5, 5.41) is 4.94. The van der Waals surface area contributed by atoms with Crippen molar-refractivity contribution < 1.29 is 14.3 Å². The topological polar surface area (TPSA) is 109 Å². The number of unbranched alkanes of at least 4 members (excludes halogenated alkanes) is 1. The Labute approximate surface area is 208 Å². The maximum atomic E-state index is 13.2. The first-order chi connectivity index (χ1) is 15.8. The number of hydrogen-bond acceptors (Lipinski definition) is 6. The first-order valence-corrected chi connectivity index (χ1v) is 12.1. The van der Waals surface area contributed by atoms with Gasteiger partial charge in [0.15, 0.2) is 18.1 Å². The Hall–Kier alpha value is -2.72. The van der Waals surface area contributed by atoms with Gasteiger partial charge in [0.25, 0.3) is 11.5 Å². The van der Waals surface area contributed by atoms with Crippen LogP contribution in [0.25, 0.3) is 10.9 Å². The van der Waals surface area contributed by atoms with E-state index < -0.39 is 5.91 Å². The fourth-order valence-corrected chi connectivity index (χ4v) is 4.08. The quantitative estimate of drug-likeness (QED) is 0.358. The summed E-state index contributed by atoms with van der Waals surface area (Å²) in [6.45, 7) is 4.04. The van der Waals surface area contributed by atoms with Crippen molar-refractivity contribution in [2.75, 3.05) is 13.2 Å². The van der Waals surface area contributed by atoms with Crippen molar-refractivity contribution in [3.8, 4) is 11.5 Å². The molecule has 1 aromatic heterocycles. The molecule has 3 aromatic rings. The van der Waals surface area contributed by atoms with E-state index >= 15 is 0 Å². The van der Waals surface area contributed by atoms with E-state index in [4.69, 9.17) is 15.2 Å². The predicted octanol–water partition coefficient (Wildman–Crippen LogP) is 4.41. The summed E-state index contributed by atoms with van der Waals surface area (Å²) in [4.78, 5) is 29.0. The lowest BCUT2D eigenvalue weighted by molar-refractivity contribution is -0.119. The van der Waals surface area contributed by atoms with Crippen LogP contribution in [0.4, 0.5) is 0 Å². The Balaban J connectivity index is 2.06. The number of carbonyl (C=O) groups is 1. The molecule has 3 rings (SSSR count). The van der Waals surface area contributed by atoms with Crippen molar-refractivity contribution in [1.29, 1.82) is 0 Å². The second-order valence-electron chi connectivity index (χ2n) is 7.17. The molecule has 0 aliphatic rings. The minimum atomic E-state index is -0.593. The lowest BCUT2D eigenvalue weighted by Gasteiger charge is -2.14. The fraction of sp³-hybridized carbons (Fsp3) is 0.304. The molecule has 33 heavy (non-hydrogen) atoms. The largest absolute Gasteiger partial charge is 0.490 e. The van der Waals surface area contributed by atoms with Crippen LogP contribution in [0.1, 0.15) is 38.1 Å². The van der Waals surface area contributed by atoms with Gasteiger partial charge in [-0.15, -0.1) is 0 Å². The highest BCUT2D eigenvalue weighted by molar-refractivity contribution is 9.10. The minimum absolute atomic E-state index is 0.242. The zero-order valence-electron chi connectivity index (χ0n) is 18.3. The molecule has 8 nitrogen and oxygen atoms in total. The smallest absolute Gasteiger partial charge is 0.282 e. The van der Waals surface area contributed by atoms with Gasteiger partial charge in [0.05, 0.1) is 28.2 Å². The van der Waals surface area contributed by atoms with Crippen LogP contribution in [0.2, 0.25) is 0 Å². The summed E-state index contributed by atoms with van der Waals surface area (Å²) < 4.78 is 13.8. The standard InChI is InChI=1S/C23H24Br2N4O4/c1-3-5-6-21-28-18-8-7-15(24)11-16(18)23(31)29(21)27-12-14-9-17(25)22(33-13-20(26)30)19(10-14)32-4-2/h7-12H,3-6,13H2,1-2H3,(H2,26,30). The predicted molar refractivity (Wildman–Crippen MR) is 135 cm³/mol. The van der Waals surface area contributed by atoms with Crippen molar-refractivity contribution in [1.82, 2.24) is 9.66 Å². The first kappa shape index (κ1) is 24.9. The van der Waals surface area contributed by atoms with Crippen molar-refractivity contribution in [3.05, 3.63) is 61.0 Å². The molecule has 0 aliphatic carbocycles. The average molecular weight is 580 g/mol. The van der Waals surface area contributed by atoms with Crippen molar-refractivity contribution >= 4 is 54.9 Å². The SMILES string of the molecule is CCCCc1nc2ccc(Br)cc2c(=O)n1N=Cc1cc(Br)c(OCC(N)=O)c(OCC)c1. The molecule has 1 heterocycles. The van der Waals surface area contributed by atoms with Crippen molar-refractivity contribution in [2.24, 2.45) is 10.8 Å². The van der Waals surface area contributed by atoms with Crippen LogP contribution in [0.3, 0.4) is 0 Å². The van der Waals surface area contributed by atoms with E-state index in [-0.39, 0.29) is 12.2 Å². The number of nitrogens with two attached hydrogens (primary N) is 1. The number of ether oxygens (including phenoxy) is 2. The minimum Gasteiger partial charge on any atom is -0.490 e. The fourth-order valence-electron chi connectivity index (χ4n) is 3.14. The molecule has 2 aromatic carbocycles. The Bertz CT molecular complexity index is 1260. The molecular formula is C23H24Br2N4O4. The highest BCUT2D eigenvalue weighted by Crippen LogP contribution is 2.36. The van der Waals surface area contributed by atoms with E-state index in [1.165, 1.54) is 4.68 Å². The van der Waals surface area contributed by atoms with Crippen LogP contribution >= 0.6 is 31.9 Å². The highest BCUT2D eigenvalue weighted by atomic mass is 79.9. The van der Waals surface area contributed by atoms with Crippen LogP contribution < -0.4 is 20.8 Å². The lowest BCUT2D eigenvalue weighted by atomic mass is 10.2. The molecule has 0 saturated carbocycles. The Morgan fingerprint density at radius 1 is 1.21 bits per heavy atom. The van der Waals surface area contributed by atoms with E-state index in [9.17, 15) is 9.59 Å². The number of fused-ring (bicyclic) bond motifs is 1. The Morgan fingerprint density at radius 3 is 2.70 bits per heavy atom. The summed E-state index contributed by atoms with van der Waals surface area (Å²) in [6.07, 6.45) is 4.04. The van der Waals surface area contributed by atoms with E-state index in [1.54, 1.807) is 24.4 Å². The molecular weight excluding hydrogens is 556 g/mol. The number of nitrogens with zero attached hydrogens (tertiary/aromatic N) is 3. The zero-order chi connectivity index (χ0) is 24.0. The average Bonchev–Trinajstić information content (AvgIpc) is 2.77. The number of rotatable bonds is 10. The van der Waals surface area contributed by atoms with Gasteiger partial charge in [-0.2, -0.15) is 9.78 Å². The second kappa shape index (κ2) is 11.4. The number of benzene rings is 2. The summed E-state index contributed by atoms with van der Waals surface area (Å²) in [6, 6.07) is 8.90. The van der Waals surface area contributed by atoms with E-state index in [0.29, 0.717) is 51.3 Å². The van der Waals surface area contributed by atoms with Gasteiger partial charge in [-0.25, -0.2) is 4.98 Å². The highest BCUT2D eigenvalue weighted by Gasteiger charge is 2.14. The molecule has 0 aliphatic heterocycles. The molecule has 0 fully saturated rings. The third-order valence-corrected chi connectivity index (χ3v) is 5.72. The normalized spacial score (nSPS) is 11.3. The maximum absolute atomic E-state index is 13.2.